The number of hydrogen-bond donors (Lipinski definition) is 1. The number of aryl methyl sites for hydroxylation is 1. The smallest absolute Gasteiger partial charge is 0.341 e. The summed E-state index contributed by atoms with van der Waals surface area (Å²) < 4.78 is 18.3. The fraction of sp³-hybridized carbons (Fsp3) is 0.294. The summed E-state index contributed by atoms with van der Waals surface area (Å²) in [6.07, 6.45) is 1.74. The maximum absolute atomic E-state index is 13.2. The standard InChI is InChI=1S/C17H18FNO3S/c1-3-6-13-10-14(17(21)22-4-2)16(23-13)19-15(20)11-7-5-8-12(18)9-11/h5,7-10H,3-4,6H2,1-2H3,(H,19,20). The molecule has 0 bridgehead atoms. The first-order chi connectivity index (χ1) is 11.0. The van der Waals surface area contributed by atoms with E-state index in [0.717, 1.165) is 23.8 Å². The SMILES string of the molecule is CCCc1cc(C(=O)OCC)c(NC(=O)c2cccc(F)c2)s1. The van der Waals surface area contributed by atoms with Crippen LogP contribution in [0.3, 0.4) is 0 Å². The first-order valence-corrected chi connectivity index (χ1v) is 8.23. The number of nitrogens with one attached hydrogen (secondary N) is 1. The minimum atomic E-state index is -0.485. The lowest BCUT2D eigenvalue weighted by Crippen LogP contribution is -2.14. The average Bonchev–Trinajstić information content (AvgIpc) is 2.90. The lowest BCUT2D eigenvalue weighted by molar-refractivity contribution is 0.0528. The van der Waals surface area contributed by atoms with Gasteiger partial charge in [0.2, 0.25) is 0 Å². The number of hydrogen-bond acceptors (Lipinski definition) is 4. The summed E-state index contributed by atoms with van der Waals surface area (Å²) in [7, 11) is 0. The Bertz CT molecular complexity index is 712. The number of thiophene rings is 1. The quantitative estimate of drug-likeness (QED) is 0.802. The van der Waals surface area contributed by atoms with E-state index in [1.807, 2.05) is 6.92 Å². The Labute approximate surface area is 138 Å². The lowest BCUT2D eigenvalue weighted by atomic mass is 10.2. The zero-order valence-corrected chi connectivity index (χ0v) is 13.8. The van der Waals surface area contributed by atoms with E-state index in [9.17, 15) is 14.0 Å². The molecule has 0 spiro atoms. The third kappa shape index (κ3) is 4.39. The number of benzene rings is 1. The molecule has 0 saturated heterocycles. The van der Waals surface area contributed by atoms with Gasteiger partial charge in [-0.1, -0.05) is 19.4 Å². The van der Waals surface area contributed by atoms with Gasteiger partial charge < -0.3 is 10.1 Å². The topological polar surface area (TPSA) is 55.4 Å². The van der Waals surface area contributed by atoms with Crippen LogP contribution in [0.2, 0.25) is 0 Å². The molecule has 0 saturated carbocycles. The molecular weight excluding hydrogens is 317 g/mol. The molecule has 1 N–H and O–H groups in total. The van der Waals surface area contributed by atoms with Gasteiger partial charge in [-0.15, -0.1) is 11.3 Å². The zero-order chi connectivity index (χ0) is 16.8. The summed E-state index contributed by atoms with van der Waals surface area (Å²) in [5.41, 5.74) is 0.537. The van der Waals surface area contributed by atoms with Crippen LogP contribution in [0.15, 0.2) is 30.3 Å². The molecule has 0 aliphatic heterocycles. The van der Waals surface area contributed by atoms with Crippen molar-refractivity contribution >= 4 is 28.2 Å². The normalized spacial score (nSPS) is 10.4. The van der Waals surface area contributed by atoms with E-state index in [1.165, 1.54) is 29.5 Å². The molecule has 122 valence electrons. The third-order valence-corrected chi connectivity index (χ3v) is 4.20. The highest BCUT2D eigenvalue weighted by Gasteiger charge is 2.19. The van der Waals surface area contributed by atoms with Gasteiger partial charge in [0.15, 0.2) is 0 Å². The van der Waals surface area contributed by atoms with Crippen molar-refractivity contribution in [1.29, 1.82) is 0 Å². The van der Waals surface area contributed by atoms with Crippen LogP contribution in [0.25, 0.3) is 0 Å². The predicted octanol–water partition coefficient (Wildman–Crippen LogP) is 4.27. The highest BCUT2D eigenvalue weighted by molar-refractivity contribution is 7.16. The van der Waals surface area contributed by atoms with E-state index in [4.69, 9.17) is 4.74 Å². The second-order valence-corrected chi connectivity index (χ2v) is 6.03. The highest BCUT2D eigenvalue weighted by Crippen LogP contribution is 2.30. The van der Waals surface area contributed by atoms with Crippen LogP contribution in [0, 0.1) is 5.82 Å². The Kier molecular flexibility index (Phi) is 5.87. The first-order valence-electron chi connectivity index (χ1n) is 7.41. The van der Waals surface area contributed by atoms with Gasteiger partial charge in [0.1, 0.15) is 10.8 Å². The Balaban J connectivity index is 2.26. The summed E-state index contributed by atoms with van der Waals surface area (Å²) in [6, 6.07) is 7.15. The zero-order valence-electron chi connectivity index (χ0n) is 13.0. The number of halogens is 1. The molecule has 4 nitrogen and oxygen atoms in total. The van der Waals surface area contributed by atoms with Crippen molar-refractivity contribution in [3.8, 4) is 0 Å². The predicted molar refractivity (Wildman–Crippen MR) is 88.6 cm³/mol. The molecule has 0 unspecified atom stereocenters. The second kappa shape index (κ2) is 7.87. The first kappa shape index (κ1) is 17.1. The molecule has 2 rings (SSSR count). The van der Waals surface area contributed by atoms with Gasteiger partial charge in [-0.25, -0.2) is 9.18 Å². The lowest BCUT2D eigenvalue weighted by Gasteiger charge is -2.06. The molecule has 1 amide bonds. The van der Waals surface area contributed by atoms with E-state index in [-0.39, 0.29) is 12.2 Å². The van der Waals surface area contributed by atoms with Gasteiger partial charge in [-0.05, 0) is 37.6 Å². The molecule has 1 aromatic carbocycles. The fourth-order valence-electron chi connectivity index (χ4n) is 2.07. The van der Waals surface area contributed by atoms with E-state index in [2.05, 4.69) is 5.32 Å². The third-order valence-electron chi connectivity index (χ3n) is 3.09. The minimum Gasteiger partial charge on any atom is -0.462 e. The van der Waals surface area contributed by atoms with Crippen molar-refractivity contribution in [1.82, 2.24) is 0 Å². The van der Waals surface area contributed by atoms with Crippen LogP contribution in [0.1, 0.15) is 45.9 Å². The molecule has 0 atom stereocenters. The van der Waals surface area contributed by atoms with Gasteiger partial charge in [0.05, 0.1) is 12.2 Å². The van der Waals surface area contributed by atoms with Gasteiger partial charge in [-0.2, -0.15) is 0 Å². The van der Waals surface area contributed by atoms with Gasteiger partial charge in [0, 0.05) is 10.4 Å². The summed E-state index contributed by atoms with van der Waals surface area (Å²) in [4.78, 5) is 25.3. The van der Waals surface area contributed by atoms with Crippen molar-refractivity contribution in [3.05, 3.63) is 52.2 Å². The number of esters is 1. The Hall–Kier alpha value is -2.21. The minimum absolute atomic E-state index is 0.199. The Morgan fingerprint density at radius 3 is 2.70 bits per heavy atom. The Morgan fingerprint density at radius 1 is 1.26 bits per heavy atom. The number of rotatable bonds is 6. The van der Waals surface area contributed by atoms with Crippen molar-refractivity contribution in [2.45, 2.75) is 26.7 Å². The van der Waals surface area contributed by atoms with E-state index in [1.54, 1.807) is 13.0 Å². The largest absolute Gasteiger partial charge is 0.462 e. The van der Waals surface area contributed by atoms with Crippen LogP contribution < -0.4 is 5.32 Å². The summed E-state index contributed by atoms with van der Waals surface area (Å²) >= 11 is 1.34. The van der Waals surface area contributed by atoms with Crippen molar-refractivity contribution in [2.75, 3.05) is 11.9 Å². The van der Waals surface area contributed by atoms with Crippen LogP contribution in [0.5, 0.6) is 0 Å². The van der Waals surface area contributed by atoms with E-state index >= 15 is 0 Å². The number of carbonyl (C=O) groups is 2. The van der Waals surface area contributed by atoms with Gasteiger partial charge >= 0.3 is 5.97 Å². The molecule has 23 heavy (non-hydrogen) atoms. The summed E-state index contributed by atoms with van der Waals surface area (Å²) in [6.45, 7) is 4.02. The van der Waals surface area contributed by atoms with Crippen molar-refractivity contribution < 1.29 is 18.7 Å². The molecule has 0 aliphatic carbocycles. The molecule has 6 heteroatoms. The maximum atomic E-state index is 13.2. The van der Waals surface area contributed by atoms with Crippen LogP contribution in [0.4, 0.5) is 9.39 Å². The highest BCUT2D eigenvalue weighted by atomic mass is 32.1. The monoisotopic (exact) mass is 335 g/mol. The molecule has 1 heterocycles. The summed E-state index contributed by atoms with van der Waals surface area (Å²) in [5, 5.41) is 3.12. The molecule has 1 aromatic heterocycles. The average molecular weight is 335 g/mol. The molecular formula is C17H18FNO3S. The fourth-order valence-corrected chi connectivity index (χ4v) is 3.21. The molecule has 2 aromatic rings. The van der Waals surface area contributed by atoms with E-state index < -0.39 is 17.7 Å². The Morgan fingerprint density at radius 2 is 2.04 bits per heavy atom. The maximum Gasteiger partial charge on any atom is 0.341 e. The van der Waals surface area contributed by atoms with Crippen molar-refractivity contribution in [3.63, 3.8) is 0 Å². The van der Waals surface area contributed by atoms with Crippen LogP contribution >= 0.6 is 11.3 Å². The molecule has 0 fully saturated rings. The number of carbonyl (C=O) groups excluding carboxylic acids is 2. The van der Waals surface area contributed by atoms with Crippen LogP contribution in [-0.2, 0) is 11.2 Å². The molecule has 0 radical (unpaired) electrons. The second-order valence-electron chi connectivity index (χ2n) is 4.89. The van der Waals surface area contributed by atoms with Gasteiger partial charge in [0.25, 0.3) is 5.91 Å². The van der Waals surface area contributed by atoms with Crippen molar-refractivity contribution in [2.24, 2.45) is 0 Å². The number of ether oxygens (including phenoxy) is 1. The number of anilines is 1. The molecule has 0 aliphatic rings. The number of amides is 1. The van der Waals surface area contributed by atoms with Crippen LogP contribution in [-0.4, -0.2) is 18.5 Å². The summed E-state index contributed by atoms with van der Waals surface area (Å²) in [5.74, 6) is -1.42. The van der Waals surface area contributed by atoms with E-state index in [0.29, 0.717) is 10.6 Å². The van der Waals surface area contributed by atoms with Gasteiger partial charge in [-0.3, -0.25) is 4.79 Å².